The van der Waals surface area contributed by atoms with Crippen molar-refractivity contribution < 1.29 is 24.2 Å². The van der Waals surface area contributed by atoms with E-state index in [1.54, 1.807) is 66.9 Å². The Hall–Kier alpha value is -4.13. The van der Waals surface area contributed by atoms with Crippen molar-refractivity contribution in [3.05, 3.63) is 89.8 Å². The van der Waals surface area contributed by atoms with Crippen LogP contribution in [0.2, 0.25) is 0 Å². The van der Waals surface area contributed by atoms with Crippen molar-refractivity contribution in [3.8, 4) is 11.5 Å². The Balaban J connectivity index is 1.95. The molecule has 1 atom stereocenters. The first kappa shape index (κ1) is 20.2. The highest BCUT2D eigenvalue weighted by atomic mass is 16.5. The van der Waals surface area contributed by atoms with E-state index in [2.05, 4.69) is 4.98 Å². The molecule has 2 heterocycles. The van der Waals surface area contributed by atoms with Crippen molar-refractivity contribution in [1.82, 2.24) is 4.98 Å². The molecule has 1 N–H and O–H groups in total. The maximum Gasteiger partial charge on any atom is 0.300 e. The van der Waals surface area contributed by atoms with Crippen LogP contribution in [0.25, 0.3) is 5.76 Å². The molecule has 4 rings (SSSR count). The molecule has 0 radical (unpaired) electrons. The number of methoxy groups -OCH3 is 2. The number of carbonyl (C=O) groups excluding carboxylic acids is 2. The summed E-state index contributed by atoms with van der Waals surface area (Å²) in [6, 6.07) is 18.0. The SMILES string of the molecule is COc1ccc(/C(O)=C2/C(=O)C(=O)N(c3ccccc3)C2c2ccccn2)c(OC)c1. The van der Waals surface area contributed by atoms with E-state index in [4.69, 9.17) is 9.47 Å². The first-order valence-electron chi connectivity index (χ1n) is 9.56. The van der Waals surface area contributed by atoms with Crippen LogP contribution in [-0.2, 0) is 9.59 Å². The third-order valence-corrected chi connectivity index (χ3v) is 5.11. The van der Waals surface area contributed by atoms with Crippen molar-refractivity contribution in [2.45, 2.75) is 6.04 Å². The lowest BCUT2D eigenvalue weighted by Crippen LogP contribution is -2.29. The third kappa shape index (κ3) is 3.50. The van der Waals surface area contributed by atoms with Gasteiger partial charge in [0.05, 0.1) is 31.1 Å². The van der Waals surface area contributed by atoms with Crippen LogP contribution >= 0.6 is 0 Å². The van der Waals surface area contributed by atoms with Crippen molar-refractivity contribution in [2.75, 3.05) is 19.1 Å². The minimum Gasteiger partial charge on any atom is -0.507 e. The molecule has 1 aliphatic rings. The first-order chi connectivity index (χ1) is 15.1. The number of anilines is 1. The van der Waals surface area contributed by atoms with Crippen LogP contribution in [0.3, 0.4) is 0 Å². The number of benzene rings is 2. The van der Waals surface area contributed by atoms with Crippen LogP contribution in [0.15, 0.2) is 78.5 Å². The number of amides is 1. The standard InChI is InChI=1S/C24H20N2O5/c1-30-16-11-12-17(19(14-16)31-2)22(27)20-21(18-10-6-7-13-25-18)26(24(29)23(20)28)15-8-4-3-5-9-15/h3-14,21,27H,1-2H3/b22-20-. The highest BCUT2D eigenvalue weighted by molar-refractivity contribution is 6.51. The maximum atomic E-state index is 13.1. The van der Waals surface area contributed by atoms with Crippen LogP contribution in [0, 0.1) is 0 Å². The number of rotatable bonds is 5. The second-order valence-electron chi connectivity index (χ2n) is 6.83. The molecule has 7 heteroatoms. The van der Waals surface area contributed by atoms with Gasteiger partial charge in [-0.25, -0.2) is 0 Å². The van der Waals surface area contributed by atoms with Gasteiger partial charge in [-0.2, -0.15) is 0 Å². The number of nitrogens with zero attached hydrogens (tertiary/aromatic N) is 2. The zero-order valence-corrected chi connectivity index (χ0v) is 17.0. The maximum absolute atomic E-state index is 13.1. The molecule has 3 aromatic rings. The van der Waals surface area contributed by atoms with Gasteiger partial charge < -0.3 is 14.6 Å². The van der Waals surface area contributed by atoms with Gasteiger partial charge in [-0.3, -0.25) is 19.5 Å². The number of hydrogen-bond acceptors (Lipinski definition) is 6. The van der Waals surface area contributed by atoms with Gasteiger partial charge in [-0.05, 0) is 36.4 Å². The number of para-hydroxylation sites is 1. The molecule has 1 aromatic heterocycles. The van der Waals surface area contributed by atoms with Gasteiger partial charge >= 0.3 is 0 Å². The smallest absolute Gasteiger partial charge is 0.300 e. The lowest BCUT2D eigenvalue weighted by Gasteiger charge is -2.24. The molecule has 1 amide bonds. The Labute approximate surface area is 179 Å². The number of aliphatic hydroxyl groups is 1. The molecular formula is C24H20N2O5. The normalized spacial score (nSPS) is 17.6. The fourth-order valence-electron chi connectivity index (χ4n) is 3.64. The molecule has 31 heavy (non-hydrogen) atoms. The van der Waals surface area contributed by atoms with Crippen LogP contribution in [0.4, 0.5) is 5.69 Å². The van der Waals surface area contributed by atoms with E-state index in [1.165, 1.54) is 19.1 Å². The Morgan fingerprint density at radius 2 is 1.71 bits per heavy atom. The van der Waals surface area contributed by atoms with Crippen LogP contribution < -0.4 is 14.4 Å². The van der Waals surface area contributed by atoms with E-state index in [0.29, 0.717) is 22.9 Å². The van der Waals surface area contributed by atoms with E-state index in [0.717, 1.165) is 0 Å². The molecule has 0 bridgehead atoms. The molecule has 1 aliphatic heterocycles. The molecule has 2 aromatic carbocycles. The summed E-state index contributed by atoms with van der Waals surface area (Å²) in [5.41, 5.74) is 1.20. The van der Waals surface area contributed by atoms with E-state index >= 15 is 0 Å². The third-order valence-electron chi connectivity index (χ3n) is 5.11. The molecule has 156 valence electrons. The predicted molar refractivity (Wildman–Crippen MR) is 115 cm³/mol. The van der Waals surface area contributed by atoms with E-state index in [1.807, 2.05) is 6.07 Å². The largest absolute Gasteiger partial charge is 0.507 e. The van der Waals surface area contributed by atoms with Crippen LogP contribution in [0.5, 0.6) is 11.5 Å². The average Bonchev–Trinajstić information content (AvgIpc) is 3.09. The summed E-state index contributed by atoms with van der Waals surface area (Å²) in [5, 5.41) is 11.2. The first-order valence-corrected chi connectivity index (χ1v) is 9.56. The number of Topliss-reactive ketones (excluding diaryl/α,β-unsaturated/α-hetero) is 1. The lowest BCUT2D eigenvalue weighted by molar-refractivity contribution is -0.132. The minimum atomic E-state index is -0.893. The zero-order valence-electron chi connectivity index (χ0n) is 17.0. The summed E-state index contributed by atoms with van der Waals surface area (Å²) < 4.78 is 10.6. The van der Waals surface area contributed by atoms with Gasteiger partial charge in [0.25, 0.3) is 11.7 Å². The summed E-state index contributed by atoms with van der Waals surface area (Å²) in [5.74, 6) is -1.04. The Kier molecular flexibility index (Phi) is 5.41. The molecule has 0 spiro atoms. The van der Waals surface area contributed by atoms with Gasteiger partial charge in [0.1, 0.15) is 23.3 Å². The Bertz CT molecular complexity index is 1160. The predicted octanol–water partition coefficient (Wildman–Crippen LogP) is 3.73. The number of carbonyl (C=O) groups is 2. The minimum absolute atomic E-state index is 0.0592. The summed E-state index contributed by atoms with van der Waals surface area (Å²) in [4.78, 5) is 31.9. The average molecular weight is 416 g/mol. The monoisotopic (exact) mass is 416 g/mol. The fraction of sp³-hybridized carbons (Fsp3) is 0.125. The number of aliphatic hydroxyl groups excluding tert-OH is 1. The molecule has 1 unspecified atom stereocenters. The molecule has 0 saturated carbocycles. The quantitative estimate of drug-likeness (QED) is 0.387. The lowest BCUT2D eigenvalue weighted by atomic mass is 9.97. The second-order valence-corrected chi connectivity index (χ2v) is 6.83. The zero-order chi connectivity index (χ0) is 22.0. The van der Waals surface area contributed by atoms with Crippen LogP contribution in [0.1, 0.15) is 17.3 Å². The molecule has 1 saturated heterocycles. The van der Waals surface area contributed by atoms with E-state index in [9.17, 15) is 14.7 Å². The van der Waals surface area contributed by atoms with E-state index < -0.39 is 17.7 Å². The van der Waals surface area contributed by atoms with Gasteiger partial charge in [0, 0.05) is 18.0 Å². The highest BCUT2D eigenvalue weighted by Crippen LogP contribution is 2.42. The number of aromatic nitrogens is 1. The van der Waals surface area contributed by atoms with Crippen molar-refractivity contribution in [3.63, 3.8) is 0 Å². The Morgan fingerprint density at radius 3 is 2.35 bits per heavy atom. The molecular weight excluding hydrogens is 396 g/mol. The molecule has 7 nitrogen and oxygen atoms in total. The Morgan fingerprint density at radius 1 is 0.968 bits per heavy atom. The van der Waals surface area contributed by atoms with Gasteiger partial charge in [0.2, 0.25) is 0 Å². The summed E-state index contributed by atoms with van der Waals surface area (Å²) in [6.07, 6.45) is 1.58. The topological polar surface area (TPSA) is 89.0 Å². The summed E-state index contributed by atoms with van der Waals surface area (Å²) in [7, 11) is 2.96. The fourth-order valence-corrected chi connectivity index (χ4v) is 3.64. The number of ether oxygens (including phenoxy) is 2. The van der Waals surface area contributed by atoms with Crippen LogP contribution in [-0.4, -0.2) is 36.0 Å². The summed E-state index contributed by atoms with van der Waals surface area (Å²) in [6.45, 7) is 0. The van der Waals surface area contributed by atoms with Crippen molar-refractivity contribution >= 4 is 23.1 Å². The second kappa shape index (κ2) is 8.31. The molecule has 0 aliphatic carbocycles. The van der Waals surface area contributed by atoms with Gasteiger partial charge in [-0.15, -0.1) is 0 Å². The van der Waals surface area contributed by atoms with Gasteiger partial charge in [-0.1, -0.05) is 24.3 Å². The number of hydrogen-bond donors (Lipinski definition) is 1. The van der Waals surface area contributed by atoms with Gasteiger partial charge in [0.15, 0.2) is 0 Å². The molecule has 1 fully saturated rings. The number of ketones is 1. The summed E-state index contributed by atoms with van der Waals surface area (Å²) >= 11 is 0. The number of pyridine rings is 1. The van der Waals surface area contributed by atoms with E-state index in [-0.39, 0.29) is 16.9 Å². The van der Waals surface area contributed by atoms with Crippen molar-refractivity contribution in [2.24, 2.45) is 0 Å². The van der Waals surface area contributed by atoms with Crippen molar-refractivity contribution in [1.29, 1.82) is 0 Å². The highest BCUT2D eigenvalue weighted by Gasteiger charge is 2.47.